The highest BCUT2D eigenvalue weighted by atomic mass is 16.6. The number of ether oxygens (including phenoxy) is 1. The normalized spacial score (nSPS) is 27.6. The van der Waals surface area contributed by atoms with E-state index >= 15 is 0 Å². The van der Waals surface area contributed by atoms with E-state index in [9.17, 15) is 19.8 Å². The molecule has 4 atom stereocenters. The Hall–Kier alpha value is -2.30. The molecule has 3 rings (SSSR count). The van der Waals surface area contributed by atoms with Crippen molar-refractivity contribution in [1.82, 2.24) is 19.5 Å². The third-order valence-corrected chi connectivity index (χ3v) is 3.81. The number of hydrogen-bond donors (Lipinski definition) is 4. The lowest BCUT2D eigenvalue weighted by molar-refractivity contribution is -0.118. The molecule has 2 unspecified atom stereocenters. The van der Waals surface area contributed by atoms with Gasteiger partial charge in [-0.05, 0) is 6.90 Å². The smallest absolute Gasteiger partial charge is 0.280 e. The number of carbonyl (C=O) groups is 1. The summed E-state index contributed by atoms with van der Waals surface area (Å²) < 4.78 is 14.1. The molecule has 2 aromatic rings. The second kappa shape index (κ2) is 5.96. The van der Waals surface area contributed by atoms with Crippen molar-refractivity contribution < 1.29 is 21.1 Å². The molecule has 4 N–H and O–H groups in total. The van der Waals surface area contributed by atoms with Crippen LogP contribution in [0.1, 0.15) is 28.3 Å². The van der Waals surface area contributed by atoms with Crippen molar-refractivity contribution in [3.8, 4) is 0 Å². The van der Waals surface area contributed by atoms with Crippen LogP contribution in [0.25, 0.3) is 11.2 Å². The highest BCUT2D eigenvalue weighted by molar-refractivity contribution is 5.91. The van der Waals surface area contributed by atoms with Gasteiger partial charge in [0, 0.05) is 7.29 Å². The number of aromatic amines is 1. The number of aromatic nitrogens is 4. The summed E-state index contributed by atoms with van der Waals surface area (Å²) in [6.07, 6.45) is -3.18. The Balaban J connectivity index is 2.01. The van der Waals surface area contributed by atoms with E-state index < -0.39 is 30.1 Å². The largest absolute Gasteiger partial charge is 0.388 e. The highest BCUT2D eigenvalue weighted by Crippen LogP contribution is 2.30. The molecular weight excluding hydrogens is 318 g/mol. The SMILES string of the molecule is [2H]C[C@H]1O[C@@H](n2cnc3c(=O)[nH]c(NC(=O)C(C)C)nc32)C(O)C1O. The molecule has 0 bridgehead atoms. The van der Waals surface area contributed by atoms with E-state index in [0.29, 0.717) is 0 Å². The number of nitrogens with one attached hydrogen (secondary N) is 2. The molecule has 24 heavy (non-hydrogen) atoms. The molecule has 0 saturated carbocycles. The number of amides is 1. The van der Waals surface area contributed by atoms with Crippen LogP contribution in [-0.4, -0.2) is 54.0 Å². The number of carbonyl (C=O) groups excluding carboxylic acids is 1. The van der Waals surface area contributed by atoms with Crippen molar-refractivity contribution >= 4 is 23.0 Å². The summed E-state index contributed by atoms with van der Waals surface area (Å²) in [6.45, 7) is 3.16. The Morgan fingerprint density at radius 3 is 2.88 bits per heavy atom. The first-order valence-corrected chi connectivity index (χ1v) is 7.42. The molecule has 3 heterocycles. The summed E-state index contributed by atoms with van der Waals surface area (Å²) in [7, 11) is 0. The molecular formula is C14H19N5O5. The Labute approximate surface area is 137 Å². The second-order valence-electron chi connectivity index (χ2n) is 5.93. The predicted octanol–water partition coefficient (Wildman–Crippen LogP) is -0.647. The molecule has 0 aromatic carbocycles. The lowest BCUT2D eigenvalue weighted by atomic mass is 10.1. The minimum absolute atomic E-state index is 0.00200. The lowest BCUT2D eigenvalue weighted by Gasteiger charge is -2.16. The Morgan fingerprint density at radius 1 is 1.50 bits per heavy atom. The van der Waals surface area contributed by atoms with Gasteiger partial charge in [0.25, 0.3) is 5.56 Å². The Morgan fingerprint density at radius 2 is 2.25 bits per heavy atom. The quantitative estimate of drug-likeness (QED) is 0.582. The Kier molecular flexibility index (Phi) is 3.79. The van der Waals surface area contributed by atoms with Gasteiger partial charge < -0.3 is 14.9 Å². The minimum atomic E-state index is -1.30. The number of aliphatic hydroxyl groups is 2. The fourth-order valence-corrected chi connectivity index (χ4v) is 2.39. The number of rotatable bonds is 3. The zero-order valence-electron chi connectivity index (χ0n) is 14.1. The monoisotopic (exact) mass is 338 g/mol. The molecule has 1 aliphatic rings. The first-order valence-electron chi connectivity index (χ1n) is 8.12. The van der Waals surface area contributed by atoms with Gasteiger partial charge in [0.1, 0.15) is 12.2 Å². The highest BCUT2D eigenvalue weighted by Gasteiger charge is 2.42. The number of H-pyrrole nitrogens is 1. The Bertz CT molecular complexity index is 850. The summed E-state index contributed by atoms with van der Waals surface area (Å²) in [5.74, 6) is -0.683. The number of imidazole rings is 1. The van der Waals surface area contributed by atoms with Gasteiger partial charge in [0.15, 0.2) is 17.4 Å². The van der Waals surface area contributed by atoms with Crippen molar-refractivity contribution in [2.45, 2.75) is 45.3 Å². The van der Waals surface area contributed by atoms with Gasteiger partial charge in [0.2, 0.25) is 11.9 Å². The van der Waals surface area contributed by atoms with Crippen LogP contribution in [0.3, 0.4) is 0 Å². The molecule has 1 amide bonds. The molecule has 0 spiro atoms. The molecule has 1 aliphatic heterocycles. The van der Waals surface area contributed by atoms with Crippen molar-refractivity contribution in [2.24, 2.45) is 5.92 Å². The standard InChI is InChI=1S/C14H19N5O5/c1-5(2)11(22)17-14-16-10-7(12(23)18-14)15-4-19(10)13-9(21)8(20)6(3)24-13/h4-6,8-9,13,20-21H,1-3H3,(H2,16,17,18,22,23)/t6-,8?,9?,13-/m1/s1/i3D. The van der Waals surface area contributed by atoms with Gasteiger partial charge in [-0.1, -0.05) is 13.8 Å². The van der Waals surface area contributed by atoms with Gasteiger partial charge in [-0.25, -0.2) is 4.98 Å². The van der Waals surface area contributed by atoms with Gasteiger partial charge in [-0.2, -0.15) is 4.98 Å². The number of hydrogen-bond acceptors (Lipinski definition) is 7. The summed E-state index contributed by atoms with van der Waals surface area (Å²) in [5, 5.41) is 22.6. The first-order chi connectivity index (χ1) is 11.8. The first kappa shape index (κ1) is 15.2. The summed E-state index contributed by atoms with van der Waals surface area (Å²) in [6, 6.07) is 0. The van der Waals surface area contributed by atoms with Crippen LogP contribution < -0.4 is 10.9 Å². The minimum Gasteiger partial charge on any atom is -0.388 e. The van der Waals surface area contributed by atoms with Crippen LogP contribution in [0.4, 0.5) is 5.95 Å². The van der Waals surface area contributed by atoms with Crippen molar-refractivity contribution in [3.63, 3.8) is 0 Å². The molecule has 0 aliphatic carbocycles. The molecule has 2 aromatic heterocycles. The number of fused-ring (bicyclic) bond motifs is 1. The van der Waals surface area contributed by atoms with E-state index in [-0.39, 0.29) is 35.8 Å². The van der Waals surface area contributed by atoms with Crippen LogP contribution >= 0.6 is 0 Å². The van der Waals surface area contributed by atoms with Crippen LogP contribution in [0.15, 0.2) is 11.1 Å². The molecule has 0 radical (unpaired) electrons. The molecule has 10 nitrogen and oxygen atoms in total. The number of aliphatic hydroxyl groups excluding tert-OH is 2. The van der Waals surface area contributed by atoms with Gasteiger partial charge in [-0.3, -0.25) is 24.5 Å². The van der Waals surface area contributed by atoms with Crippen LogP contribution in [0.2, 0.25) is 0 Å². The maximum atomic E-state index is 12.1. The third-order valence-electron chi connectivity index (χ3n) is 3.81. The van der Waals surface area contributed by atoms with Gasteiger partial charge in [0.05, 0.1) is 12.4 Å². The van der Waals surface area contributed by atoms with Crippen molar-refractivity contribution in [2.75, 3.05) is 5.32 Å². The summed E-state index contributed by atoms with van der Waals surface area (Å²) in [4.78, 5) is 34.5. The number of anilines is 1. The zero-order chi connectivity index (χ0) is 18.3. The molecule has 130 valence electrons. The van der Waals surface area contributed by atoms with Crippen molar-refractivity contribution in [3.05, 3.63) is 16.7 Å². The second-order valence-corrected chi connectivity index (χ2v) is 5.93. The average molecular weight is 338 g/mol. The van der Waals surface area contributed by atoms with E-state index in [2.05, 4.69) is 20.3 Å². The van der Waals surface area contributed by atoms with E-state index in [1.165, 1.54) is 10.9 Å². The number of nitrogens with zero attached hydrogens (tertiary/aromatic N) is 3. The van der Waals surface area contributed by atoms with Crippen LogP contribution in [0.5, 0.6) is 0 Å². The summed E-state index contributed by atoms with van der Waals surface area (Å²) >= 11 is 0. The summed E-state index contributed by atoms with van der Waals surface area (Å²) in [5.41, 5.74) is -0.472. The third kappa shape index (κ3) is 2.68. The zero-order valence-corrected chi connectivity index (χ0v) is 13.1. The molecule has 10 heteroatoms. The van der Waals surface area contributed by atoms with E-state index in [1.807, 2.05) is 0 Å². The maximum Gasteiger partial charge on any atom is 0.280 e. The maximum absolute atomic E-state index is 12.1. The van der Waals surface area contributed by atoms with E-state index in [1.54, 1.807) is 13.8 Å². The van der Waals surface area contributed by atoms with E-state index in [0.717, 1.165) is 0 Å². The van der Waals surface area contributed by atoms with Gasteiger partial charge >= 0.3 is 0 Å². The van der Waals surface area contributed by atoms with E-state index in [4.69, 9.17) is 6.11 Å². The molecule has 1 saturated heterocycles. The van der Waals surface area contributed by atoms with Crippen LogP contribution in [0, 0.1) is 5.92 Å². The topological polar surface area (TPSA) is 142 Å². The fraction of sp³-hybridized carbons (Fsp3) is 0.571. The average Bonchev–Trinajstić information content (AvgIpc) is 3.10. The van der Waals surface area contributed by atoms with Gasteiger partial charge in [-0.15, -0.1) is 0 Å². The lowest BCUT2D eigenvalue weighted by Crippen LogP contribution is -2.30. The molecule has 1 fully saturated rings. The van der Waals surface area contributed by atoms with Crippen molar-refractivity contribution in [1.29, 1.82) is 0 Å². The predicted molar refractivity (Wildman–Crippen MR) is 83.2 cm³/mol. The van der Waals surface area contributed by atoms with Crippen LogP contribution in [-0.2, 0) is 9.53 Å². The fourth-order valence-electron chi connectivity index (χ4n) is 2.39.